The van der Waals surface area contributed by atoms with Crippen molar-refractivity contribution in [2.24, 2.45) is 0 Å². The van der Waals surface area contributed by atoms with Gasteiger partial charge in [-0.2, -0.15) is 18.4 Å². The van der Waals surface area contributed by atoms with Gasteiger partial charge in [-0.25, -0.2) is 4.85 Å². The molecule has 0 spiro atoms. The number of aryl methyl sites for hydroxylation is 3. The molecule has 236 valence electrons. The van der Waals surface area contributed by atoms with E-state index in [9.17, 15) is 18.4 Å². The fourth-order valence-electron chi connectivity index (χ4n) is 7.14. The summed E-state index contributed by atoms with van der Waals surface area (Å²) in [6.45, 7) is 14.7. The van der Waals surface area contributed by atoms with Crippen LogP contribution < -0.4 is 0 Å². The first kappa shape index (κ1) is 30.1. The van der Waals surface area contributed by atoms with Crippen LogP contribution in [0.4, 0.5) is 18.9 Å². The minimum absolute atomic E-state index is 0.332. The minimum atomic E-state index is -4.51. The molecular weight excluding hydrogens is 617 g/mol. The predicted molar refractivity (Wildman–Crippen MR) is 191 cm³/mol. The maximum absolute atomic E-state index is 13.9. The highest BCUT2D eigenvalue weighted by atomic mass is 19.4. The van der Waals surface area contributed by atoms with E-state index in [1.807, 2.05) is 60.0 Å². The van der Waals surface area contributed by atoms with Crippen LogP contribution >= 0.6 is 0 Å². The number of fused-ring (bicyclic) bond motifs is 6. The van der Waals surface area contributed by atoms with Gasteiger partial charge >= 0.3 is 6.18 Å². The molecule has 0 unspecified atom stereocenters. The first-order valence-corrected chi connectivity index (χ1v) is 15.8. The van der Waals surface area contributed by atoms with E-state index in [2.05, 4.69) is 65.7 Å². The van der Waals surface area contributed by atoms with Crippen molar-refractivity contribution in [2.45, 2.75) is 26.9 Å². The van der Waals surface area contributed by atoms with E-state index in [0.29, 0.717) is 44.4 Å². The summed E-state index contributed by atoms with van der Waals surface area (Å²) in [7, 11) is 0. The minimum Gasteiger partial charge on any atom is -0.319 e. The van der Waals surface area contributed by atoms with Gasteiger partial charge in [0.05, 0.1) is 57.2 Å². The van der Waals surface area contributed by atoms with Crippen LogP contribution in [0.1, 0.15) is 27.8 Å². The van der Waals surface area contributed by atoms with Gasteiger partial charge < -0.3 is 9.13 Å². The Hall–Kier alpha value is -6.31. The molecule has 2 heterocycles. The van der Waals surface area contributed by atoms with Gasteiger partial charge in [-0.05, 0) is 105 Å². The molecule has 0 atom stereocenters. The zero-order valence-electron chi connectivity index (χ0n) is 26.8. The van der Waals surface area contributed by atoms with Crippen molar-refractivity contribution in [3.8, 4) is 28.6 Å². The van der Waals surface area contributed by atoms with E-state index < -0.39 is 11.7 Å². The summed E-state index contributed by atoms with van der Waals surface area (Å²) in [5, 5.41) is 13.0. The van der Waals surface area contributed by atoms with Gasteiger partial charge in [-0.15, -0.1) is 0 Å². The number of benzene rings is 6. The van der Waals surface area contributed by atoms with E-state index in [1.165, 1.54) is 12.1 Å². The number of alkyl halides is 3. The normalized spacial score (nSPS) is 11.8. The van der Waals surface area contributed by atoms with Crippen molar-refractivity contribution in [1.82, 2.24) is 9.13 Å². The molecule has 8 aromatic rings. The number of nitrogens with zero attached hydrogens (tertiary/aromatic N) is 4. The molecule has 0 aliphatic carbocycles. The number of aromatic nitrogens is 2. The average Bonchev–Trinajstić information content (AvgIpc) is 3.58. The van der Waals surface area contributed by atoms with Gasteiger partial charge in [0.2, 0.25) is 5.69 Å². The topological polar surface area (TPSA) is 38.0 Å². The zero-order chi connectivity index (χ0) is 34.2. The standard InChI is InChI=1S/C42H27F3N4/c1-24-8-13-35-33(20-24)34-22-29(42(43,44)45)11-16-36(34)48(35)39-17-12-30(28-7-5-6-27(21-28)23-46)41(40(39)47-4)49-37-14-9-25(2)18-31(37)32-19-26(3)10-15-38(32)49/h5-22H,1-3H3. The maximum atomic E-state index is 13.9. The number of nitriles is 1. The van der Waals surface area contributed by atoms with Crippen molar-refractivity contribution in [1.29, 1.82) is 5.26 Å². The lowest BCUT2D eigenvalue weighted by molar-refractivity contribution is -0.137. The highest BCUT2D eigenvalue weighted by molar-refractivity contribution is 6.13. The predicted octanol–water partition coefficient (Wildman–Crippen LogP) is 11.9. The van der Waals surface area contributed by atoms with Gasteiger partial charge in [-0.3, -0.25) is 0 Å². The number of hydrogen-bond acceptors (Lipinski definition) is 1. The molecule has 0 fully saturated rings. The fourth-order valence-corrected chi connectivity index (χ4v) is 7.14. The number of rotatable bonds is 3. The monoisotopic (exact) mass is 644 g/mol. The first-order chi connectivity index (χ1) is 23.6. The second kappa shape index (κ2) is 10.9. The van der Waals surface area contributed by atoms with E-state index in [-0.39, 0.29) is 0 Å². The summed E-state index contributed by atoms with van der Waals surface area (Å²) in [4.78, 5) is 4.21. The molecule has 0 bridgehead atoms. The second-order valence-electron chi connectivity index (χ2n) is 12.6. The van der Waals surface area contributed by atoms with Crippen LogP contribution in [-0.4, -0.2) is 9.13 Å². The van der Waals surface area contributed by atoms with E-state index in [0.717, 1.165) is 55.7 Å². The Bertz CT molecular complexity index is 2710. The Morgan fingerprint density at radius 2 is 1.16 bits per heavy atom. The second-order valence-corrected chi connectivity index (χ2v) is 12.6. The maximum Gasteiger partial charge on any atom is 0.416 e. The van der Waals surface area contributed by atoms with Gasteiger partial charge in [0.25, 0.3) is 0 Å². The zero-order valence-corrected chi connectivity index (χ0v) is 26.8. The van der Waals surface area contributed by atoms with E-state index in [4.69, 9.17) is 6.57 Å². The van der Waals surface area contributed by atoms with Crippen LogP contribution in [0.15, 0.2) is 109 Å². The highest BCUT2D eigenvalue weighted by Crippen LogP contribution is 2.46. The molecule has 0 saturated carbocycles. The Kier molecular flexibility index (Phi) is 6.67. The first-order valence-electron chi connectivity index (χ1n) is 15.8. The summed E-state index contributed by atoms with van der Waals surface area (Å²) >= 11 is 0. The molecule has 0 aliphatic rings. The lowest BCUT2D eigenvalue weighted by atomic mass is 9.99. The SMILES string of the molecule is [C-]#[N+]c1c(-n2c3ccc(C)cc3c3cc(C(F)(F)F)ccc32)ccc(-c2cccc(C#N)c2)c1-n1c2ccc(C)cc2c2cc(C)ccc21. The Labute approximate surface area is 280 Å². The molecule has 0 radical (unpaired) electrons. The fraction of sp³-hybridized carbons (Fsp3) is 0.0952. The Morgan fingerprint density at radius 3 is 1.69 bits per heavy atom. The third kappa shape index (κ3) is 4.66. The van der Waals surface area contributed by atoms with Crippen LogP contribution in [0.5, 0.6) is 0 Å². The molecule has 49 heavy (non-hydrogen) atoms. The molecule has 0 N–H and O–H groups in total. The molecular formula is C42H27F3N4. The number of halogens is 3. The smallest absolute Gasteiger partial charge is 0.319 e. The third-order valence-electron chi connectivity index (χ3n) is 9.33. The lowest BCUT2D eigenvalue weighted by Gasteiger charge is -2.20. The Balaban J connectivity index is 1.56. The lowest BCUT2D eigenvalue weighted by Crippen LogP contribution is -2.05. The summed E-state index contributed by atoms with van der Waals surface area (Å²) in [6, 6.07) is 35.4. The molecule has 2 aromatic heterocycles. The van der Waals surface area contributed by atoms with Crippen molar-refractivity contribution in [3.63, 3.8) is 0 Å². The van der Waals surface area contributed by atoms with Crippen LogP contribution in [0.25, 0.3) is 71.0 Å². The van der Waals surface area contributed by atoms with E-state index in [1.54, 1.807) is 6.07 Å². The summed E-state index contributed by atoms with van der Waals surface area (Å²) in [5.74, 6) is 0. The summed E-state index contributed by atoms with van der Waals surface area (Å²) in [6.07, 6.45) is -4.51. The van der Waals surface area contributed by atoms with Gasteiger partial charge in [-0.1, -0.05) is 53.1 Å². The van der Waals surface area contributed by atoms with Crippen LogP contribution in [-0.2, 0) is 6.18 Å². The van der Waals surface area contributed by atoms with Crippen LogP contribution in [0, 0.1) is 38.7 Å². The van der Waals surface area contributed by atoms with Crippen molar-refractivity contribution >= 4 is 49.3 Å². The van der Waals surface area contributed by atoms with Crippen LogP contribution in [0.2, 0.25) is 0 Å². The molecule has 6 aromatic carbocycles. The highest BCUT2D eigenvalue weighted by Gasteiger charge is 2.32. The molecule has 0 saturated heterocycles. The van der Waals surface area contributed by atoms with Crippen molar-refractivity contribution in [2.75, 3.05) is 0 Å². The van der Waals surface area contributed by atoms with Crippen molar-refractivity contribution < 1.29 is 13.2 Å². The molecule has 0 aliphatic heterocycles. The third-order valence-corrected chi connectivity index (χ3v) is 9.33. The van der Waals surface area contributed by atoms with Crippen molar-refractivity contribution in [3.05, 3.63) is 148 Å². The molecule has 8 rings (SSSR count). The molecule has 4 nitrogen and oxygen atoms in total. The largest absolute Gasteiger partial charge is 0.416 e. The Morgan fingerprint density at radius 1 is 0.633 bits per heavy atom. The summed E-state index contributed by atoms with van der Waals surface area (Å²) < 4.78 is 45.9. The number of hydrogen-bond donors (Lipinski definition) is 0. The van der Waals surface area contributed by atoms with Crippen LogP contribution in [0.3, 0.4) is 0 Å². The summed E-state index contributed by atoms with van der Waals surface area (Å²) in [5.41, 5.74) is 9.01. The van der Waals surface area contributed by atoms with Gasteiger partial charge in [0.1, 0.15) is 0 Å². The quantitative estimate of drug-likeness (QED) is 0.176. The van der Waals surface area contributed by atoms with Gasteiger partial charge in [0.15, 0.2) is 0 Å². The van der Waals surface area contributed by atoms with Gasteiger partial charge in [0, 0.05) is 21.5 Å². The molecule has 7 heteroatoms. The average molecular weight is 645 g/mol. The van der Waals surface area contributed by atoms with E-state index >= 15 is 0 Å². The molecule has 0 amide bonds.